The summed E-state index contributed by atoms with van der Waals surface area (Å²) in [4.78, 5) is 24.6. The molecule has 1 amide bonds. The zero-order chi connectivity index (χ0) is 15.6. The Balaban J connectivity index is 0.00000242. The number of rotatable bonds is 4. The highest BCUT2D eigenvalue weighted by molar-refractivity contribution is 6.42. The first kappa shape index (κ1) is 18.9. The highest BCUT2D eigenvalue weighted by Crippen LogP contribution is 2.27. The van der Waals surface area contributed by atoms with Crippen molar-refractivity contribution in [3.63, 3.8) is 0 Å². The minimum Gasteiger partial charge on any atom is -0.481 e. The van der Waals surface area contributed by atoms with Crippen molar-refractivity contribution in [3.05, 3.63) is 28.2 Å². The van der Waals surface area contributed by atoms with E-state index in [1.165, 1.54) is 11.0 Å². The van der Waals surface area contributed by atoms with E-state index in [1.807, 2.05) is 0 Å². The molecule has 1 aliphatic rings. The van der Waals surface area contributed by atoms with Crippen LogP contribution < -0.4 is 4.74 Å². The number of carboxylic acids is 1. The molecular formula is C14H16Cl3NO4. The maximum absolute atomic E-state index is 12.2. The highest BCUT2D eigenvalue weighted by Gasteiger charge is 2.33. The maximum atomic E-state index is 12.2. The summed E-state index contributed by atoms with van der Waals surface area (Å²) in [6, 6.07) is 4.76. The van der Waals surface area contributed by atoms with Gasteiger partial charge in [-0.2, -0.15) is 0 Å². The fourth-order valence-electron chi connectivity index (χ4n) is 2.22. The summed E-state index contributed by atoms with van der Waals surface area (Å²) in [5, 5.41) is 9.70. The molecule has 0 spiro atoms. The number of nitrogens with zero attached hydrogens (tertiary/aromatic N) is 1. The van der Waals surface area contributed by atoms with Crippen molar-refractivity contribution in [1.29, 1.82) is 0 Å². The predicted octanol–water partition coefficient (Wildman–Crippen LogP) is 3.12. The number of amides is 1. The van der Waals surface area contributed by atoms with E-state index in [4.69, 9.17) is 33.0 Å². The summed E-state index contributed by atoms with van der Waals surface area (Å²) in [5.41, 5.74) is 0. The van der Waals surface area contributed by atoms with Crippen molar-refractivity contribution >= 4 is 47.5 Å². The van der Waals surface area contributed by atoms with Crippen LogP contribution in [-0.4, -0.2) is 41.1 Å². The van der Waals surface area contributed by atoms with Gasteiger partial charge in [-0.3, -0.25) is 9.59 Å². The number of carbonyl (C=O) groups is 2. The van der Waals surface area contributed by atoms with Gasteiger partial charge in [0.15, 0.2) is 6.10 Å². The van der Waals surface area contributed by atoms with Crippen LogP contribution in [0.4, 0.5) is 0 Å². The second-order valence-electron chi connectivity index (χ2n) is 4.94. The Morgan fingerprint density at radius 3 is 2.59 bits per heavy atom. The van der Waals surface area contributed by atoms with Crippen LogP contribution in [0, 0.1) is 5.92 Å². The molecule has 1 aliphatic heterocycles. The van der Waals surface area contributed by atoms with Crippen LogP contribution in [0.2, 0.25) is 10.0 Å². The van der Waals surface area contributed by atoms with Crippen LogP contribution in [0.5, 0.6) is 5.75 Å². The molecule has 0 aromatic heterocycles. The summed E-state index contributed by atoms with van der Waals surface area (Å²) >= 11 is 11.7. The molecule has 8 heteroatoms. The van der Waals surface area contributed by atoms with Gasteiger partial charge < -0.3 is 14.7 Å². The normalized spacial score (nSPS) is 18.5. The fraction of sp³-hybridized carbons (Fsp3) is 0.429. The Hall–Kier alpha value is -1.17. The van der Waals surface area contributed by atoms with Gasteiger partial charge in [0, 0.05) is 19.2 Å². The minimum absolute atomic E-state index is 0. The van der Waals surface area contributed by atoms with Crippen molar-refractivity contribution in [2.75, 3.05) is 13.1 Å². The molecule has 0 aliphatic carbocycles. The fourth-order valence-corrected chi connectivity index (χ4v) is 2.51. The zero-order valence-corrected chi connectivity index (χ0v) is 14.1. The second kappa shape index (κ2) is 7.90. The van der Waals surface area contributed by atoms with Gasteiger partial charge in [0.05, 0.1) is 16.0 Å². The topological polar surface area (TPSA) is 66.8 Å². The highest BCUT2D eigenvalue weighted by atomic mass is 35.5. The third-order valence-electron chi connectivity index (χ3n) is 3.40. The average Bonchev–Trinajstić information content (AvgIpc) is 2.92. The van der Waals surface area contributed by atoms with Crippen LogP contribution in [0.15, 0.2) is 18.2 Å². The average molecular weight is 369 g/mol. The molecule has 1 heterocycles. The van der Waals surface area contributed by atoms with Crippen molar-refractivity contribution < 1.29 is 19.4 Å². The number of halogens is 3. The largest absolute Gasteiger partial charge is 0.481 e. The number of likely N-dealkylation sites (tertiary alicyclic amines) is 1. The van der Waals surface area contributed by atoms with E-state index in [0.29, 0.717) is 28.8 Å². The lowest BCUT2D eigenvalue weighted by Gasteiger charge is -2.21. The lowest BCUT2D eigenvalue weighted by atomic mass is 10.1. The van der Waals surface area contributed by atoms with Crippen molar-refractivity contribution in [2.24, 2.45) is 5.92 Å². The van der Waals surface area contributed by atoms with Crippen LogP contribution in [0.25, 0.3) is 0 Å². The van der Waals surface area contributed by atoms with Gasteiger partial charge in [0.2, 0.25) is 0 Å². The molecule has 0 radical (unpaired) electrons. The van der Waals surface area contributed by atoms with Crippen LogP contribution in [-0.2, 0) is 9.59 Å². The van der Waals surface area contributed by atoms with Gasteiger partial charge in [0.25, 0.3) is 5.91 Å². The zero-order valence-electron chi connectivity index (χ0n) is 11.8. The van der Waals surface area contributed by atoms with Gasteiger partial charge in [-0.25, -0.2) is 0 Å². The molecular weight excluding hydrogens is 353 g/mol. The van der Waals surface area contributed by atoms with Gasteiger partial charge in [-0.15, -0.1) is 12.4 Å². The summed E-state index contributed by atoms with van der Waals surface area (Å²) < 4.78 is 5.54. The van der Waals surface area contributed by atoms with Gasteiger partial charge in [-0.05, 0) is 25.5 Å². The molecule has 1 saturated heterocycles. The third kappa shape index (κ3) is 4.41. The lowest BCUT2D eigenvalue weighted by molar-refractivity contribution is -0.142. The molecule has 0 bridgehead atoms. The molecule has 5 nitrogen and oxygen atoms in total. The monoisotopic (exact) mass is 367 g/mol. The van der Waals surface area contributed by atoms with E-state index in [0.717, 1.165) is 0 Å². The van der Waals surface area contributed by atoms with E-state index in [1.54, 1.807) is 19.1 Å². The van der Waals surface area contributed by atoms with E-state index in [-0.39, 0.29) is 24.9 Å². The smallest absolute Gasteiger partial charge is 0.308 e. The summed E-state index contributed by atoms with van der Waals surface area (Å²) in [7, 11) is 0. The number of ether oxygens (including phenoxy) is 1. The molecule has 122 valence electrons. The van der Waals surface area contributed by atoms with Crippen molar-refractivity contribution in [1.82, 2.24) is 4.90 Å². The number of carboxylic acid groups (broad SMARTS) is 1. The molecule has 2 unspecified atom stereocenters. The summed E-state index contributed by atoms with van der Waals surface area (Å²) in [5.74, 6) is -1.15. The minimum atomic E-state index is -0.872. The van der Waals surface area contributed by atoms with E-state index >= 15 is 0 Å². The standard InChI is InChI=1S/C14H15Cl2NO4.ClH/c1-8(21-10-2-3-11(15)12(16)6-10)13(18)17-5-4-9(7-17)14(19)20;/h2-3,6,8-9H,4-5,7H2,1H3,(H,19,20);1H. The Bertz CT molecular complexity index is 567. The van der Waals surface area contributed by atoms with Gasteiger partial charge in [-0.1, -0.05) is 23.2 Å². The molecule has 2 atom stereocenters. The van der Waals surface area contributed by atoms with Crippen molar-refractivity contribution in [3.8, 4) is 5.75 Å². The number of benzene rings is 1. The van der Waals surface area contributed by atoms with E-state index in [9.17, 15) is 9.59 Å². The molecule has 2 rings (SSSR count). The lowest BCUT2D eigenvalue weighted by Crippen LogP contribution is -2.39. The number of aliphatic carboxylic acids is 1. The molecule has 1 N–H and O–H groups in total. The molecule has 1 aromatic rings. The molecule has 1 aromatic carbocycles. The maximum Gasteiger partial charge on any atom is 0.308 e. The number of hydrogen-bond acceptors (Lipinski definition) is 3. The number of hydrogen-bond donors (Lipinski definition) is 1. The first-order valence-electron chi connectivity index (χ1n) is 6.51. The SMILES string of the molecule is CC(Oc1ccc(Cl)c(Cl)c1)C(=O)N1CCC(C(=O)O)C1.Cl. The Morgan fingerprint density at radius 2 is 2.05 bits per heavy atom. The first-order valence-corrected chi connectivity index (χ1v) is 7.27. The first-order chi connectivity index (χ1) is 9.88. The molecule has 22 heavy (non-hydrogen) atoms. The van der Waals surface area contributed by atoms with Gasteiger partial charge >= 0.3 is 5.97 Å². The van der Waals surface area contributed by atoms with E-state index in [2.05, 4.69) is 0 Å². The predicted molar refractivity (Wildman–Crippen MR) is 86.1 cm³/mol. The van der Waals surface area contributed by atoms with Crippen LogP contribution in [0.1, 0.15) is 13.3 Å². The second-order valence-corrected chi connectivity index (χ2v) is 5.76. The Labute approximate surface area is 144 Å². The Morgan fingerprint density at radius 1 is 1.36 bits per heavy atom. The van der Waals surface area contributed by atoms with Crippen molar-refractivity contribution in [2.45, 2.75) is 19.4 Å². The van der Waals surface area contributed by atoms with Crippen LogP contribution >= 0.6 is 35.6 Å². The molecule has 0 saturated carbocycles. The third-order valence-corrected chi connectivity index (χ3v) is 4.14. The summed E-state index contributed by atoms with van der Waals surface area (Å²) in [6.07, 6.45) is -0.240. The van der Waals surface area contributed by atoms with E-state index < -0.39 is 18.0 Å². The Kier molecular flexibility index (Phi) is 6.78. The molecule has 1 fully saturated rings. The summed E-state index contributed by atoms with van der Waals surface area (Å²) in [6.45, 7) is 2.28. The van der Waals surface area contributed by atoms with Crippen LogP contribution in [0.3, 0.4) is 0 Å². The quantitative estimate of drug-likeness (QED) is 0.887. The van der Waals surface area contributed by atoms with Gasteiger partial charge in [0.1, 0.15) is 5.75 Å². The number of carbonyl (C=O) groups excluding carboxylic acids is 1.